The molecule has 1 atom stereocenters. The predicted octanol–water partition coefficient (Wildman–Crippen LogP) is 2.86. The average Bonchev–Trinajstić information content (AvgIpc) is 2.79. The van der Waals surface area contributed by atoms with E-state index in [2.05, 4.69) is 22.3 Å². The van der Waals surface area contributed by atoms with Crippen molar-refractivity contribution in [2.24, 2.45) is 5.84 Å². The lowest BCUT2D eigenvalue weighted by molar-refractivity contribution is -0.0527. The molecule has 0 aliphatic heterocycles. The minimum Gasteiger partial charge on any atom is -0.377 e. The molecular formula is C14H24N2OS. The first-order valence-corrected chi connectivity index (χ1v) is 7.77. The van der Waals surface area contributed by atoms with Crippen molar-refractivity contribution in [2.45, 2.75) is 56.6 Å². The molecule has 18 heavy (non-hydrogen) atoms. The molecule has 102 valence electrons. The predicted molar refractivity (Wildman–Crippen MR) is 76.6 cm³/mol. The zero-order valence-corrected chi connectivity index (χ0v) is 12.0. The van der Waals surface area contributed by atoms with Crippen molar-refractivity contribution < 1.29 is 4.74 Å². The molecule has 1 fully saturated rings. The van der Waals surface area contributed by atoms with Gasteiger partial charge in [0, 0.05) is 7.11 Å². The molecule has 2 rings (SSSR count). The molecule has 3 N–H and O–H groups in total. The minimum absolute atomic E-state index is 0.0901. The van der Waals surface area contributed by atoms with Crippen molar-refractivity contribution in [3.05, 3.63) is 22.4 Å². The van der Waals surface area contributed by atoms with E-state index in [9.17, 15) is 0 Å². The molecule has 1 aliphatic carbocycles. The van der Waals surface area contributed by atoms with Crippen molar-refractivity contribution in [3.63, 3.8) is 0 Å². The van der Waals surface area contributed by atoms with Crippen molar-refractivity contribution in [2.75, 3.05) is 7.11 Å². The number of hydrogen-bond acceptors (Lipinski definition) is 4. The van der Waals surface area contributed by atoms with Gasteiger partial charge in [0.15, 0.2) is 0 Å². The van der Waals surface area contributed by atoms with Gasteiger partial charge in [0.05, 0.1) is 11.6 Å². The third-order valence-corrected chi connectivity index (χ3v) is 4.94. The van der Waals surface area contributed by atoms with E-state index < -0.39 is 0 Å². The SMILES string of the molecule is COC1(C(Cc2ccsc2)NN)CCCCCC1. The Kier molecular flexibility index (Phi) is 5.18. The van der Waals surface area contributed by atoms with Crippen LogP contribution >= 0.6 is 11.3 Å². The molecule has 0 bridgehead atoms. The monoisotopic (exact) mass is 268 g/mol. The first-order valence-electron chi connectivity index (χ1n) is 6.83. The Balaban J connectivity index is 2.11. The molecule has 1 aromatic heterocycles. The van der Waals surface area contributed by atoms with Crippen LogP contribution in [0.15, 0.2) is 16.8 Å². The number of ether oxygens (including phenoxy) is 1. The summed E-state index contributed by atoms with van der Waals surface area (Å²) in [7, 11) is 1.84. The summed E-state index contributed by atoms with van der Waals surface area (Å²) in [5, 5.41) is 4.32. The van der Waals surface area contributed by atoms with Gasteiger partial charge in [0.25, 0.3) is 0 Å². The van der Waals surface area contributed by atoms with Crippen LogP contribution in [0.25, 0.3) is 0 Å². The Morgan fingerprint density at radius 3 is 2.61 bits per heavy atom. The maximum atomic E-state index is 5.92. The second-order valence-corrected chi connectivity index (χ2v) is 6.02. The van der Waals surface area contributed by atoms with Crippen LogP contribution in [-0.4, -0.2) is 18.8 Å². The van der Waals surface area contributed by atoms with Gasteiger partial charge in [-0.15, -0.1) is 0 Å². The summed E-state index contributed by atoms with van der Waals surface area (Å²) in [5.41, 5.74) is 4.27. The van der Waals surface area contributed by atoms with E-state index in [1.165, 1.54) is 31.2 Å². The topological polar surface area (TPSA) is 47.3 Å². The number of rotatable bonds is 5. The fourth-order valence-electron chi connectivity index (χ4n) is 3.06. The van der Waals surface area contributed by atoms with Crippen LogP contribution in [0.4, 0.5) is 0 Å². The van der Waals surface area contributed by atoms with Gasteiger partial charge in [-0.05, 0) is 41.7 Å². The van der Waals surface area contributed by atoms with E-state index in [-0.39, 0.29) is 11.6 Å². The van der Waals surface area contributed by atoms with E-state index >= 15 is 0 Å². The lowest BCUT2D eigenvalue weighted by Gasteiger charge is -2.39. The fraction of sp³-hybridized carbons (Fsp3) is 0.714. The maximum absolute atomic E-state index is 5.92. The lowest BCUT2D eigenvalue weighted by Crippen LogP contribution is -2.55. The van der Waals surface area contributed by atoms with Crippen molar-refractivity contribution >= 4 is 11.3 Å². The molecule has 1 aliphatic rings. The van der Waals surface area contributed by atoms with E-state index in [1.807, 2.05) is 7.11 Å². The second-order valence-electron chi connectivity index (χ2n) is 5.24. The number of hydrazine groups is 1. The third kappa shape index (κ3) is 3.12. The van der Waals surface area contributed by atoms with Gasteiger partial charge >= 0.3 is 0 Å². The smallest absolute Gasteiger partial charge is 0.0847 e. The minimum atomic E-state index is -0.0901. The van der Waals surface area contributed by atoms with Crippen LogP contribution in [-0.2, 0) is 11.2 Å². The molecule has 3 nitrogen and oxygen atoms in total. The second kappa shape index (κ2) is 6.66. The van der Waals surface area contributed by atoms with E-state index in [0.29, 0.717) is 0 Å². The van der Waals surface area contributed by atoms with Crippen LogP contribution < -0.4 is 11.3 Å². The van der Waals surface area contributed by atoms with Gasteiger partial charge in [-0.25, -0.2) is 0 Å². The van der Waals surface area contributed by atoms with Gasteiger partial charge < -0.3 is 4.74 Å². The molecule has 1 saturated carbocycles. The highest BCUT2D eigenvalue weighted by Gasteiger charge is 2.38. The van der Waals surface area contributed by atoms with Gasteiger partial charge in [-0.2, -0.15) is 11.3 Å². The summed E-state index contributed by atoms with van der Waals surface area (Å²) in [6.45, 7) is 0. The molecule has 0 radical (unpaired) electrons. The quantitative estimate of drug-likeness (QED) is 0.490. The highest BCUT2D eigenvalue weighted by molar-refractivity contribution is 7.07. The maximum Gasteiger partial charge on any atom is 0.0847 e. The number of nitrogens with one attached hydrogen (secondary N) is 1. The zero-order valence-electron chi connectivity index (χ0n) is 11.2. The van der Waals surface area contributed by atoms with E-state index in [1.54, 1.807) is 11.3 Å². The molecule has 0 saturated heterocycles. The molecule has 4 heteroatoms. The average molecular weight is 268 g/mol. The Labute approximate surface area is 114 Å². The van der Waals surface area contributed by atoms with Gasteiger partial charge in [0.2, 0.25) is 0 Å². The Morgan fingerprint density at radius 2 is 2.11 bits per heavy atom. The van der Waals surface area contributed by atoms with Crippen LogP contribution in [0, 0.1) is 0 Å². The Morgan fingerprint density at radius 1 is 1.39 bits per heavy atom. The number of methoxy groups -OCH3 is 1. The van der Waals surface area contributed by atoms with E-state index in [4.69, 9.17) is 10.6 Å². The van der Waals surface area contributed by atoms with Crippen LogP contribution in [0.1, 0.15) is 44.1 Å². The molecule has 0 aromatic carbocycles. The number of hydrogen-bond donors (Lipinski definition) is 2. The van der Waals surface area contributed by atoms with Crippen LogP contribution in [0.5, 0.6) is 0 Å². The summed E-state index contributed by atoms with van der Waals surface area (Å²) >= 11 is 1.74. The van der Waals surface area contributed by atoms with Gasteiger partial charge in [0.1, 0.15) is 0 Å². The highest BCUT2D eigenvalue weighted by Crippen LogP contribution is 2.34. The van der Waals surface area contributed by atoms with Crippen molar-refractivity contribution in [3.8, 4) is 0 Å². The molecular weight excluding hydrogens is 244 g/mol. The van der Waals surface area contributed by atoms with Crippen molar-refractivity contribution in [1.82, 2.24) is 5.43 Å². The lowest BCUT2D eigenvalue weighted by atomic mass is 9.83. The van der Waals surface area contributed by atoms with E-state index in [0.717, 1.165) is 19.3 Å². The first-order chi connectivity index (χ1) is 8.80. The normalized spacial score (nSPS) is 21.4. The number of nitrogens with two attached hydrogens (primary N) is 1. The molecule has 0 spiro atoms. The van der Waals surface area contributed by atoms with Crippen LogP contribution in [0.2, 0.25) is 0 Å². The summed E-state index contributed by atoms with van der Waals surface area (Å²) in [4.78, 5) is 0. The summed E-state index contributed by atoms with van der Waals surface area (Å²) < 4.78 is 5.92. The molecule has 1 heterocycles. The van der Waals surface area contributed by atoms with Crippen molar-refractivity contribution in [1.29, 1.82) is 0 Å². The van der Waals surface area contributed by atoms with Gasteiger partial charge in [-0.3, -0.25) is 11.3 Å². The summed E-state index contributed by atoms with van der Waals surface area (Å²) in [5.74, 6) is 5.81. The highest BCUT2D eigenvalue weighted by atomic mass is 32.1. The molecule has 1 aromatic rings. The molecule has 0 amide bonds. The first kappa shape index (κ1) is 14.0. The third-order valence-electron chi connectivity index (χ3n) is 4.21. The molecule has 1 unspecified atom stereocenters. The standard InChI is InChI=1S/C14H24N2OS/c1-17-14(7-4-2-3-5-8-14)13(16-15)10-12-6-9-18-11-12/h6,9,11,13,16H,2-5,7-8,10,15H2,1H3. The Hall–Kier alpha value is -0.420. The fourth-order valence-corrected chi connectivity index (χ4v) is 3.74. The Bertz CT molecular complexity index is 332. The largest absolute Gasteiger partial charge is 0.377 e. The summed E-state index contributed by atoms with van der Waals surface area (Å²) in [6.07, 6.45) is 8.31. The summed E-state index contributed by atoms with van der Waals surface area (Å²) in [6, 6.07) is 2.38. The van der Waals surface area contributed by atoms with Crippen LogP contribution in [0.3, 0.4) is 0 Å². The van der Waals surface area contributed by atoms with Gasteiger partial charge in [-0.1, -0.05) is 25.7 Å². The number of thiophene rings is 1. The zero-order chi connectivity index (χ0) is 12.8.